The molecule has 1 aromatic rings. The van der Waals surface area contributed by atoms with E-state index in [1.807, 2.05) is 0 Å². The molecule has 116 valence electrons. The van der Waals surface area contributed by atoms with Crippen LogP contribution in [0, 0.1) is 0 Å². The van der Waals surface area contributed by atoms with Gasteiger partial charge in [-0.3, -0.25) is 4.90 Å². The van der Waals surface area contributed by atoms with Crippen LogP contribution in [-0.4, -0.2) is 29.6 Å². The lowest BCUT2D eigenvalue weighted by atomic mass is 9.83. The minimum atomic E-state index is 0.0510. The van der Waals surface area contributed by atoms with E-state index >= 15 is 0 Å². The van der Waals surface area contributed by atoms with E-state index in [-0.39, 0.29) is 11.6 Å². The zero-order valence-corrected chi connectivity index (χ0v) is 13.3. The van der Waals surface area contributed by atoms with Crippen molar-refractivity contribution in [3.05, 3.63) is 29.8 Å². The molecule has 1 saturated carbocycles. The van der Waals surface area contributed by atoms with Crippen LogP contribution in [0.5, 0.6) is 5.75 Å². The Hall–Kier alpha value is -1.06. The predicted octanol–water partition coefficient (Wildman–Crippen LogP) is 3.49. The van der Waals surface area contributed by atoms with Gasteiger partial charge < -0.3 is 10.5 Å². The summed E-state index contributed by atoms with van der Waals surface area (Å²) in [7, 11) is 0. The molecule has 0 amide bonds. The molecule has 2 fully saturated rings. The highest BCUT2D eigenvalue weighted by Crippen LogP contribution is 2.35. The fraction of sp³-hybridized carbons (Fsp3) is 0.667. The number of hydrogen-bond acceptors (Lipinski definition) is 3. The van der Waals surface area contributed by atoms with Crippen LogP contribution < -0.4 is 10.5 Å². The van der Waals surface area contributed by atoms with Crippen molar-refractivity contribution in [1.29, 1.82) is 0 Å². The van der Waals surface area contributed by atoms with Crippen LogP contribution in [-0.2, 0) is 0 Å². The normalized spacial score (nSPS) is 23.8. The average Bonchev–Trinajstić information content (AvgIpc) is 3.15. The third kappa shape index (κ3) is 3.09. The number of benzene rings is 1. The van der Waals surface area contributed by atoms with Gasteiger partial charge in [0.2, 0.25) is 0 Å². The smallest absolute Gasteiger partial charge is 0.119 e. The number of nitrogens with two attached hydrogens (primary N) is 1. The molecule has 2 aliphatic rings. The summed E-state index contributed by atoms with van der Waals surface area (Å²) in [5, 5.41) is 0. The van der Waals surface area contributed by atoms with Crippen LogP contribution in [0.1, 0.15) is 57.6 Å². The molecule has 0 aromatic heterocycles. The number of nitrogens with zero attached hydrogens (tertiary/aromatic N) is 1. The van der Waals surface area contributed by atoms with Gasteiger partial charge in [-0.25, -0.2) is 0 Å². The van der Waals surface area contributed by atoms with Crippen molar-refractivity contribution >= 4 is 0 Å². The first kappa shape index (κ1) is 14.9. The Morgan fingerprint density at radius 1 is 1.24 bits per heavy atom. The number of rotatable bonds is 6. The second-order valence-electron chi connectivity index (χ2n) is 6.77. The topological polar surface area (TPSA) is 38.5 Å². The Bertz CT molecular complexity index is 463. The van der Waals surface area contributed by atoms with Crippen LogP contribution >= 0.6 is 0 Å². The van der Waals surface area contributed by atoms with Gasteiger partial charge in [0.15, 0.2) is 0 Å². The van der Waals surface area contributed by atoms with Gasteiger partial charge in [0.05, 0.1) is 6.10 Å². The fourth-order valence-corrected chi connectivity index (χ4v) is 3.36. The van der Waals surface area contributed by atoms with Crippen LogP contribution in [0.3, 0.4) is 0 Å². The number of likely N-dealkylation sites (tertiary alicyclic amines) is 1. The predicted molar refractivity (Wildman–Crippen MR) is 86.5 cm³/mol. The van der Waals surface area contributed by atoms with E-state index in [0.29, 0.717) is 6.10 Å². The van der Waals surface area contributed by atoms with Gasteiger partial charge >= 0.3 is 0 Å². The third-order valence-corrected chi connectivity index (χ3v) is 5.28. The monoisotopic (exact) mass is 288 g/mol. The average molecular weight is 288 g/mol. The Balaban J connectivity index is 1.73. The van der Waals surface area contributed by atoms with E-state index in [0.717, 1.165) is 12.2 Å². The molecule has 1 aliphatic carbocycles. The Morgan fingerprint density at radius 2 is 1.86 bits per heavy atom. The van der Waals surface area contributed by atoms with Crippen LogP contribution in [0.4, 0.5) is 0 Å². The molecule has 0 bridgehead atoms. The summed E-state index contributed by atoms with van der Waals surface area (Å²) in [5.41, 5.74) is 7.91. The SMILES string of the molecule is CCC(C)(C(N)c1ccc(OC2CC2)cc1)N1CCCC1. The fourth-order valence-electron chi connectivity index (χ4n) is 3.36. The highest BCUT2D eigenvalue weighted by molar-refractivity contribution is 5.31. The maximum absolute atomic E-state index is 6.65. The standard InChI is InChI=1S/C18H28N2O/c1-3-18(2,20-12-4-5-13-20)17(19)14-6-8-15(9-7-14)21-16-10-11-16/h6-9,16-17H,3-5,10-13,19H2,1-2H3. The molecule has 1 heterocycles. The molecule has 0 radical (unpaired) electrons. The van der Waals surface area contributed by atoms with Gasteiger partial charge in [0.1, 0.15) is 5.75 Å². The van der Waals surface area contributed by atoms with E-state index in [1.165, 1.54) is 44.3 Å². The van der Waals surface area contributed by atoms with Gasteiger partial charge in [0.25, 0.3) is 0 Å². The first-order valence-corrected chi connectivity index (χ1v) is 8.41. The number of hydrogen-bond donors (Lipinski definition) is 1. The van der Waals surface area contributed by atoms with E-state index in [9.17, 15) is 0 Å². The second-order valence-corrected chi connectivity index (χ2v) is 6.77. The van der Waals surface area contributed by atoms with Gasteiger partial charge in [-0.1, -0.05) is 19.1 Å². The lowest BCUT2D eigenvalue weighted by Gasteiger charge is -2.43. The molecule has 2 atom stereocenters. The quantitative estimate of drug-likeness (QED) is 0.871. The van der Waals surface area contributed by atoms with Gasteiger partial charge in [-0.05, 0) is 69.8 Å². The van der Waals surface area contributed by atoms with Crippen molar-refractivity contribution in [2.24, 2.45) is 5.73 Å². The van der Waals surface area contributed by atoms with E-state index in [1.54, 1.807) is 0 Å². The molecule has 0 spiro atoms. The lowest BCUT2D eigenvalue weighted by molar-refractivity contribution is 0.1000. The Morgan fingerprint density at radius 3 is 2.38 bits per heavy atom. The molecular formula is C18H28N2O. The van der Waals surface area contributed by atoms with Crippen molar-refractivity contribution in [2.75, 3.05) is 13.1 Å². The highest BCUT2D eigenvalue weighted by Gasteiger charge is 2.38. The lowest BCUT2D eigenvalue weighted by Crippen LogP contribution is -2.51. The molecule has 1 saturated heterocycles. The summed E-state index contributed by atoms with van der Waals surface area (Å²) in [4.78, 5) is 2.58. The van der Waals surface area contributed by atoms with E-state index in [2.05, 4.69) is 43.0 Å². The summed E-state index contributed by atoms with van der Waals surface area (Å²) >= 11 is 0. The zero-order chi connectivity index (χ0) is 14.9. The first-order valence-electron chi connectivity index (χ1n) is 8.41. The molecule has 21 heavy (non-hydrogen) atoms. The van der Waals surface area contributed by atoms with Crippen LogP contribution in [0.25, 0.3) is 0 Å². The molecular weight excluding hydrogens is 260 g/mol. The Kier molecular flexibility index (Phi) is 4.23. The van der Waals surface area contributed by atoms with Crippen molar-refractivity contribution in [1.82, 2.24) is 4.90 Å². The second kappa shape index (κ2) is 5.98. The van der Waals surface area contributed by atoms with Crippen molar-refractivity contribution in [3.63, 3.8) is 0 Å². The Labute approximate surface area is 128 Å². The highest BCUT2D eigenvalue weighted by atomic mass is 16.5. The van der Waals surface area contributed by atoms with Crippen LogP contribution in [0.2, 0.25) is 0 Å². The van der Waals surface area contributed by atoms with Crippen molar-refractivity contribution in [3.8, 4) is 5.75 Å². The van der Waals surface area contributed by atoms with Gasteiger partial charge in [-0.2, -0.15) is 0 Å². The molecule has 2 unspecified atom stereocenters. The summed E-state index contributed by atoms with van der Waals surface area (Å²) in [6.07, 6.45) is 6.53. The largest absolute Gasteiger partial charge is 0.490 e. The minimum absolute atomic E-state index is 0.0510. The van der Waals surface area contributed by atoms with Gasteiger partial charge in [0, 0.05) is 11.6 Å². The van der Waals surface area contributed by atoms with Gasteiger partial charge in [-0.15, -0.1) is 0 Å². The maximum Gasteiger partial charge on any atom is 0.119 e. The molecule has 1 aromatic carbocycles. The first-order chi connectivity index (χ1) is 10.1. The maximum atomic E-state index is 6.65. The molecule has 3 heteroatoms. The summed E-state index contributed by atoms with van der Waals surface area (Å²) in [5.74, 6) is 0.979. The summed E-state index contributed by atoms with van der Waals surface area (Å²) in [6.45, 7) is 6.93. The zero-order valence-electron chi connectivity index (χ0n) is 13.3. The van der Waals surface area contributed by atoms with Crippen molar-refractivity contribution in [2.45, 2.75) is 63.6 Å². The summed E-state index contributed by atoms with van der Waals surface area (Å²) in [6, 6.07) is 8.50. The van der Waals surface area contributed by atoms with Crippen molar-refractivity contribution < 1.29 is 4.74 Å². The molecule has 3 rings (SSSR count). The summed E-state index contributed by atoms with van der Waals surface area (Å²) < 4.78 is 5.82. The molecule has 2 N–H and O–H groups in total. The number of ether oxygens (including phenoxy) is 1. The molecule has 1 aliphatic heterocycles. The van der Waals surface area contributed by atoms with E-state index in [4.69, 9.17) is 10.5 Å². The minimum Gasteiger partial charge on any atom is -0.490 e. The van der Waals surface area contributed by atoms with Crippen LogP contribution in [0.15, 0.2) is 24.3 Å². The molecule has 3 nitrogen and oxygen atoms in total. The third-order valence-electron chi connectivity index (χ3n) is 5.28. The van der Waals surface area contributed by atoms with E-state index < -0.39 is 0 Å².